The van der Waals surface area contributed by atoms with E-state index >= 15 is 0 Å². The van der Waals surface area contributed by atoms with E-state index in [4.69, 9.17) is 0 Å². The fourth-order valence-electron chi connectivity index (χ4n) is 2.49. The zero-order chi connectivity index (χ0) is 16.3. The summed E-state index contributed by atoms with van der Waals surface area (Å²) < 4.78 is 22.9. The molecule has 1 aromatic carbocycles. The van der Waals surface area contributed by atoms with Crippen molar-refractivity contribution in [2.24, 2.45) is 0 Å². The average molecular weight is 331 g/mol. The van der Waals surface area contributed by atoms with E-state index in [1.165, 1.54) is 6.20 Å². The van der Waals surface area contributed by atoms with Gasteiger partial charge in [0.1, 0.15) is 0 Å². The van der Waals surface area contributed by atoms with Gasteiger partial charge in [-0.15, -0.1) is 0 Å². The van der Waals surface area contributed by atoms with Crippen molar-refractivity contribution in [3.05, 3.63) is 54.4 Å². The molecule has 7 heteroatoms. The molecule has 2 aromatic rings. The van der Waals surface area contributed by atoms with Gasteiger partial charge < -0.3 is 10.6 Å². The maximum atomic E-state index is 12.0. The second-order valence-corrected chi connectivity index (χ2v) is 7.75. The number of pyridine rings is 1. The Morgan fingerprint density at radius 2 is 1.87 bits per heavy atom. The van der Waals surface area contributed by atoms with Crippen molar-refractivity contribution in [1.29, 1.82) is 0 Å². The fourth-order valence-corrected chi connectivity index (χ4v) is 4.17. The van der Waals surface area contributed by atoms with Crippen molar-refractivity contribution in [3.8, 4) is 0 Å². The number of sulfone groups is 1. The number of nitrogens with zero attached hydrogens (tertiary/aromatic N) is 1. The number of carbonyl (C=O) groups is 1. The highest BCUT2D eigenvalue weighted by Crippen LogP contribution is 2.19. The normalized spacial score (nSPS) is 19.2. The van der Waals surface area contributed by atoms with Crippen molar-refractivity contribution in [3.63, 3.8) is 0 Å². The summed E-state index contributed by atoms with van der Waals surface area (Å²) in [5, 5.41) is 6.00. The highest BCUT2D eigenvalue weighted by atomic mass is 32.2. The minimum Gasteiger partial charge on any atom is -0.381 e. The van der Waals surface area contributed by atoms with Crippen LogP contribution in [0.3, 0.4) is 0 Å². The zero-order valence-electron chi connectivity index (χ0n) is 12.4. The SMILES string of the molecule is O=C(Nc1ccc(NC2CCS(=O)(=O)C2)cc1)c1cccnc1. The number of nitrogens with one attached hydrogen (secondary N) is 2. The lowest BCUT2D eigenvalue weighted by Gasteiger charge is -2.13. The van der Waals surface area contributed by atoms with Crippen LogP contribution in [0.5, 0.6) is 0 Å². The van der Waals surface area contributed by atoms with Gasteiger partial charge in [0, 0.05) is 29.8 Å². The number of rotatable bonds is 4. The number of carbonyl (C=O) groups excluding carboxylic acids is 1. The van der Waals surface area contributed by atoms with Crippen LogP contribution in [0.15, 0.2) is 48.8 Å². The first-order valence-corrected chi connectivity index (χ1v) is 9.12. The molecule has 0 radical (unpaired) electrons. The van der Waals surface area contributed by atoms with Gasteiger partial charge in [0.2, 0.25) is 0 Å². The molecule has 2 heterocycles. The molecule has 1 atom stereocenters. The molecule has 1 aliphatic rings. The standard InChI is InChI=1S/C16H17N3O3S/c20-16(12-2-1-8-17-10-12)19-14-5-3-13(4-6-14)18-15-7-9-23(21,22)11-15/h1-6,8,10,15,18H,7,9,11H2,(H,19,20). The molecule has 2 N–H and O–H groups in total. The molecule has 23 heavy (non-hydrogen) atoms. The fraction of sp³-hybridized carbons (Fsp3) is 0.250. The summed E-state index contributed by atoms with van der Waals surface area (Å²) in [6.07, 6.45) is 3.74. The van der Waals surface area contributed by atoms with Crippen molar-refractivity contribution in [1.82, 2.24) is 4.98 Å². The Labute approximate surface area is 134 Å². The second-order valence-electron chi connectivity index (χ2n) is 5.52. The Bertz CT molecular complexity index is 789. The third-order valence-corrected chi connectivity index (χ3v) is 5.44. The van der Waals surface area contributed by atoms with Gasteiger partial charge >= 0.3 is 0 Å². The third-order valence-electron chi connectivity index (χ3n) is 3.67. The van der Waals surface area contributed by atoms with Crippen LogP contribution in [0.4, 0.5) is 11.4 Å². The molecule has 1 saturated heterocycles. The molecule has 0 bridgehead atoms. The maximum absolute atomic E-state index is 12.0. The Hall–Kier alpha value is -2.41. The van der Waals surface area contributed by atoms with E-state index in [-0.39, 0.29) is 23.5 Å². The summed E-state index contributed by atoms with van der Waals surface area (Å²) >= 11 is 0. The summed E-state index contributed by atoms with van der Waals surface area (Å²) in [5.74, 6) is 0.192. The molecule has 1 aromatic heterocycles. The molecular weight excluding hydrogens is 314 g/mol. The summed E-state index contributed by atoms with van der Waals surface area (Å²) in [6.45, 7) is 0. The molecule has 1 amide bonds. The highest BCUT2D eigenvalue weighted by Gasteiger charge is 2.27. The first-order valence-electron chi connectivity index (χ1n) is 7.30. The van der Waals surface area contributed by atoms with Crippen molar-refractivity contribution in [2.75, 3.05) is 22.1 Å². The summed E-state index contributed by atoms with van der Waals surface area (Å²) in [5.41, 5.74) is 2.00. The smallest absolute Gasteiger partial charge is 0.257 e. The quantitative estimate of drug-likeness (QED) is 0.894. The molecule has 0 aliphatic carbocycles. The van der Waals surface area contributed by atoms with Gasteiger partial charge in [-0.25, -0.2) is 8.42 Å². The highest BCUT2D eigenvalue weighted by molar-refractivity contribution is 7.91. The van der Waals surface area contributed by atoms with E-state index < -0.39 is 9.84 Å². The van der Waals surface area contributed by atoms with Gasteiger partial charge in [-0.2, -0.15) is 0 Å². The molecule has 1 fully saturated rings. The minimum absolute atomic E-state index is 0.0455. The summed E-state index contributed by atoms with van der Waals surface area (Å²) in [4.78, 5) is 15.9. The molecule has 6 nitrogen and oxygen atoms in total. The summed E-state index contributed by atoms with van der Waals surface area (Å²) in [6, 6.07) is 10.6. The number of amides is 1. The summed E-state index contributed by atoms with van der Waals surface area (Å²) in [7, 11) is -2.90. The van der Waals surface area contributed by atoms with Gasteiger partial charge in [-0.3, -0.25) is 9.78 Å². The number of hydrogen-bond donors (Lipinski definition) is 2. The van der Waals surface area contributed by atoms with Crippen molar-refractivity contribution in [2.45, 2.75) is 12.5 Å². The molecular formula is C16H17N3O3S. The van der Waals surface area contributed by atoms with Crippen LogP contribution in [0, 0.1) is 0 Å². The van der Waals surface area contributed by atoms with Crippen molar-refractivity contribution >= 4 is 27.1 Å². The number of hydrogen-bond acceptors (Lipinski definition) is 5. The van der Waals surface area contributed by atoms with E-state index in [0.717, 1.165) is 5.69 Å². The van der Waals surface area contributed by atoms with Crippen LogP contribution in [0.1, 0.15) is 16.8 Å². The zero-order valence-corrected chi connectivity index (χ0v) is 13.2. The Balaban J connectivity index is 1.60. The van der Waals surface area contributed by atoms with Crippen LogP contribution < -0.4 is 10.6 Å². The average Bonchev–Trinajstić information content (AvgIpc) is 2.89. The van der Waals surface area contributed by atoms with E-state index in [9.17, 15) is 13.2 Å². The lowest BCUT2D eigenvalue weighted by Crippen LogP contribution is -2.20. The maximum Gasteiger partial charge on any atom is 0.257 e. The predicted molar refractivity (Wildman–Crippen MR) is 89.3 cm³/mol. The number of aromatic nitrogens is 1. The molecule has 120 valence electrons. The number of benzene rings is 1. The Morgan fingerprint density at radius 1 is 1.13 bits per heavy atom. The van der Waals surface area contributed by atoms with Crippen molar-refractivity contribution < 1.29 is 13.2 Å². The van der Waals surface area contributed by atoms with Crippen LogP contribution in [0.2, 0.25) is 0 Å². The van der Waals surface area contributed by atoms with Crippen LogP contribution in [-0.4, -0.2) is 36.9 Å². The van der Waals surface area contributed by atoms with E-state index in [1.54, 1.807) is 30.5 Å². The molecule has 1 aliphatic heterocycles. The lowest BCUT2D eigenvalue weighted by atomic mass is 10.2. The minimum atomic E-state index is -2.90. The van der Waals surface area contributed by atoms with E-state index in [1.807, 2.05) is 12.1 Å². The number of anilines is 2. The van der Waals surface area contributed by atoms with Gasteiger partial charge in [0.05, 0.1) is 17.1 Å². The third kappa shape index (κ3) is 4.07. The van der Waals surface area contributed by atoms with Gasteiger partial charge in [-0.1, -0.05) is 0 Å². The monoisotopic (exact) mass is 331 g/mol. The first-order chi connectivity index (χ1) is 11.0. The van der Waals surface area contributed by atoms with E-state index in [2.05, 4.69) is 15.6 Å². The Kier molecular flexibility index (Phi) is 4.29. The van der Waals surface area contributed by atoms with Crippen LogP contribution in [0.25, 0.3) is 0 Å². The molecule has 0 saturated carbocycles. The van der Waals surface area contributed by atoms with Crippen LogP contribution >= 0.6 is 0 Å². The predicted octanol–water partition coefficient (Wildman–Crippen LogP) is 1.93. The van der Waals surface area contributed by atoms with Crippen LogP contribution in [-0.2, 0) is 9.84 Å². The lowest BCUT2D eigenvalue weighted by molar-refractivity contribution is 0.102. The van der Waals surface area contributed by atoms with Gasteiger partial charge in [-0.05, 0) is 42.8 Å². The largest absolute Gasteiger partial charge is 0.381 e. The Morgan fingerprint density at radius 3 is 2.48 bits per heavy atom. The first kappa shape index (κ1) is 15.5. The molecule has 3 rings (SSSR count). The van der Waals surface area contributed by atoms with Gasteiger partial charge in [0.15, 0.2) is 9.84 Å². The van der Waals surface area contributed by atoms with E-state index in [0.29, 0.717) is 17.7 Å². The second kappa shape index (κ2) is 6.37. The molecule has 1 unspecified atom stereocenters. The molecule has 0 spiro atoms. The van der Waals surface area contributed by atoms with Gasteiger partial charge in [0.25, 0.3) is 5.91 Å². The topological polar surface area (TPSA) is 88.2 Å².